The Bertz CT molecular complexity index is 499. The van der Waals surface area contributed by atoms with Crippen molar-refractivity contribution in [3.8, 4) is 5.75 Å². The van der Waals surface area contributed by atoms with E-state index >= 15 is 0 Å². The van der Waals surface area contributed by atoms with Crippen LogP contribution in [0.25, 0.3) is 0 Å². The van der Waals surface area contributed by atoms with Crippen LogP contribution in [0.3, 0.4) is 0 Å². The topological polar surface area (TPSA) is 64.6 Å². The molecule has 1 saturated carbocycles. The van der Waals surface area contributed by atoms with Gasteiger partial charge in [0.1, 0.15) is 11.3 Å². The van der Waals surface area contributed by atoms with Crippen LogP contribution in [-0.4, -0.2) is 24.8 Å². The van der Waals surface area contributed by atoms with Crippen molar-refractivity contribution < 1.29 is 18.6 Å². The number of hydrogen-bond acceptors (Lipinski definition) is 4. The van der Waals surface area contributed by atoms with E-state index in [1.165, 1.54) is 6.66 Å². The van der Waals surface area contributed by atoms with Crippen molar-refractivity contribution >= 4 is 13.5 Å². The minimum atomic E-state index is -3.10. The van der Waals surface area contributed by atoms with E-state index in [4.69, 9.17) is 9.26 Å². The van der Waals surface area contributed by atoms with Crippen LogP contribution >= 0.6 is 7.52 Å². The van der Waals surface area contributed by atoms with Crippen LogP contribution in [0.4, 0.5) is 0 Å². The highest BCUT2D eigenvalue weighted by Crippen LogP contribution is 2.48. The monoisotopic (exact) mass is 283 g/mol. The maximum absolute atomic E-state index is 12.4. The Labute approximate surface area is 112 Å². The molecule has 2 rings (SSSR count). The van der Waals surface area contributed by atoms with Gasteiger partial charge in [-0.15, -0.1) is 0 Å². The summed E-state index contributed by atoms with van der Waals surface area (Å²) in [6.45, 7) is 3.54. The van der Waals surface area contributed by atoms with Gasteiger partial charge in [0.2, 0.25) is 0 Å². The molecule has 5 nitrogen and oxygen atoms in total. The normalized spacial score (nSPS) is 19.3. The first kappa shape index (κ1) is 14.1. The van der Waals surface area contributed by atoms with Crippen LogP contribution in [0.15, 0.2) is 30.3 Å². The van der Waals surface area contributed by atoms with Crippen LogP contribution in [-0.2, 0) is 14.1 Å². The van der Waals surface area contributed by atoms with Gasteiger partial charge in [-0.25, -0.2) is 5.09 Å². The Balaban J connectivity index is 2.02. The lowest BCUT2D eigenvalue weighted by Crippen LogP contribution is -2.39. The Morgan fingerprint density at radius 1 is 1.37 bits per heavy atom. The van der Waals surface area contributed by atoms with Crippen molar-refractivity contribution in [1.29, 1.82) is 0 Å². The summed E-state index contributed by atoms with van der Waals surface area (Å²) in [4.78, 5) is 11.8. The van der Waals surface area contributed by atoms with Gasteiger partial charge in [-0.05, 0) is 31.9 Å². The predicted octanol–water partition coefficient (Wildman–Crippen LogP) is 2.57. The van der Waals surface area contributed by atoms with Gasteiger partial charge in [0.25, 0.3) is 0 Å². The molecule has 0 aliphatic heterocycles. The van der Waals surface area contributed by atoms with E-state index in [0.29, 0.717) is 25.2 Å². The lowest BCUT2D eigenvalue weighted by molar-refractivity contribution is -0.146. The smallest absolute Gasteiger partial charge is 0.326 e. The predicted molar refractivity (Wildman–Crippen MR) is 72.3 cm³/mol. The number of para-hydroxylation sites is 1. The average molecular weight is 283 g/mol. The molecule has 0 aromatic heterocycles. The van der Waals surface area contributed by atoms with Gasteiger partial charge in [-0.2, -0.15) is 0 Å². The SMILES string of the molecule is CCOC(=O)C1(NP(C)(=O)Oc2ccccc2)CC1. The van der Waals surface area contributed by atoms with Gasteiger partial charge >= 0.3 is 13.5 Å². The minimum absolute atomic E-state index is 0.315. The number of benzene rings is 1. The van der Waals surface area contributed by atoms with Crippen LogP contribution in [0.1, 0.15) is 19.8 Å². The standard InChI is InChI=1S/C13H18NO4P/c1-3-17-12(15)13(9-10-13)14-19(2,16)18-11-7-5-4-6-8-11/h4-8H,3,9-10H2,1-2H3,(H,14,16). The van der Waals surface area contributed by atoms with Crippen LogP contribution in [0.5, 0.6) is 5.75 Å². The summed E-state index contributed by atoms with van der Waals surface area (Å²) in [5, 5.41) is 2.84. The van der Waals surface area contributed by atoms with Gasteiger partial charge in [-0.3, -0.25) is 9.36 Å². The molecule has 0 saturated heterocycles. The highest BCUT2D eigenvalue weighted by molar-refractivity contribution is 7.56. The summed E-state index contributed by atoms with van der Waals surface area (Å²) in [6, 6.07) is 8.90. The lowest BCUT2D eigenvalue weighted by atomic mass is 10.3. The molecule has 1 atom stereocenters. The quantitative estimate of drug-likeness (QED) is 0.642. The van der Waals surface area contributed by atoms with Crippen molar-refractivity contribution in [2.75, 3.05) is 13.3 Å². The summed E-state index contributed by atoms with van der Waals surface area (Å²) in [5.74, 6) is 0.161. The Morgan fingerprint density at radius 2 is 2.00 bits per heavy atom. The molecule has 0 spiro atoms. The second kappa shape index (κ2) is 5.35. The number of ether oxygens (including phenoxy) is 1. The zero-order chi connectivity index (χ0) is 13.9. The summed E-state index contributed by atoms with van der Waals surface area (Å²) in [6.07, 6.45) is 1.25. The van der Waals surface area contributed by atoms with Crippen molar-refractivity contribution in [2.24, 2.45) is 0 Å². The Hall–Kier alpha value is -1.32. The zero-order valence-electron chi connectivity index (χ0n) is 11.1. The van der Waals surface area contributed by atoms with Gasteiger partial charge in [-0.1, -0.05) is 18.2 Å². The van der Waals surface area contributed by atoms with Crippen molar-refractivity contribution in [3.05, 3.63) is 30.3 Å². The number of esters is 1. The summed E-state index contributed by atoms with van der Waals surface area (Å²) >= 11 is 0. The van der Waals surface area contributed by atoms with Crippen molar-refractivity contribution in [3.63, 3.8) is 0 Å². The molecule has 1 N–H and O–H groups in total. The van der Waals surface area contributed by atoms with Crippen molar-refractivity contribution in [2.45, 2.75) is 25.3 Å². The summed E-state index contributed by atoms with van der Waals surface area (Å²) in [7, 11) is -3.10. The van der Waals surface area contributed by atoms with E-state index in [0.717, 1.165) is 0 Å². The third kappa shape index (κ3) is 3.58. The molecule has 1 fully saturated rings. The summed E-state index contributed by atoms with van der Waals surface area (Å²) in [5.41, 5.74) is -0.824. The Morgan fingerprint density at radius 3 is 2.53 bits per heavy atom. The first-order valence-electron chi connectivity index (χ1n) is 6.26. The van der Waals surface area contributed by atoms with E-state index in [1.807, 2.05) is 6.07 Å². The Kier molecular flexibility index (Phi) is 3.97. The highest BCUT2D eigenvalue weighted by Gasteiger charge is 2.54. The van der Waals surface area contributed by atoms with Crippen LogP contribution in [0, 0.1) is 0 Å². The number of nitrogens with one attached hydrogen (secondary N) is 1. The number of carbonyl (C=O) groups is 1. The fraction of sp³-hybridized carbons (Fsp3) is 0.462. The molecule has 0 bridgehead atoms. The second-order valence-corrected chi connectivity index (χ2v) is 6.76. The van der Waals surface area contributed by atoms with Gasteiger partial charge in [0, 0.05) is 6.66 Å². The average Bonchev–Trinajstić information content (AvgIpc) is 3.10. The maximum atomic E-state index is 12.4. The third-order valence-electron chi connectivity index (χ3n) is 2.86. The fourth-order valence-electron chi connectivity index (χ4n) is 1.85. The van der Waals surface area contributed by atoms with E-state index < -0.39 is 13.1 Å². The van der Waals surface area contributed by atoms with Crippen LogP contribution in [0.2, 0.25) is 0 Å². The van der Waals surface area contributed by atoms with Gasteiger partial charge in [0.05, 0.1) is 6.61 Å². The molecule has 1 aliphatic rings. The molecule has 104 valence electrons. The minimum Gasteiger partial charge on any atom is -0.465 e. The molecule has 19 heavy (non-hydrogen) atoms. The van der Waals surface area contributed by atoms with E-state index in [-0.39, 0.29) is 5.97 Å². The molecule has 1 aromatic rings. The number of carbonyl (C=O) groups excluding carboxylic acids is 1. The van der Waals surface area contributed by atoms with Crippen LogP contribution < -0.4 is 9.61 Å². The molecule has 0 heterocycles. The molecule has 6 heteroatoms. The first-order valence-corrected chi connectivity index (χ1v) is 8.33. The lowest BCUT2D eigenvalue weighted by Gasteiger charge is -2.22. The third-order valence-corrected chi connectivity index (χ3v) is 4.25. The van der Waals surface area contributed by atoms with E-state index in [1.54, 1.807) is 31.2 Å². The molecule has 0 amide bonds. The molecule has 1 aromatic carbocycles. The maximum Gasteiger partial charge on any atom is 0.326 e. The molecule has 1 unspecified atom stereocenters. The highest BCUT2D eigenvalue weighted by atomic mass is 31.2. The number of rotatable bonds is 6. The van der Waals surface area contributed by atoms with Gasteiger partial charge < -0.3 is 9.26 Å². The summed E-state index contributed by atoms with van der Waals surface area (Å²) < 4.78 is 22.8. The largest absolute Gasteiger partial charge is 0.465 e. The second-order valence-electron chi connectivity index (χ2n) is 4.66. The van der Waals surface area contributed by atoms with Crippen molar-refractivity contribution in [1.82, 2.24) is 5.09 Å². The van der Waals surface area contributed by atoms with E-state index in [2.05, 4.69) is 5.09 Å². The number of hydrogen-bond donors (Lipinski definition) is 1. The van der Waals surface area contributed by atoms with E-state index in [9.17, 15) is 9.36 Å². The molecular formula is C13H18NO4P. The molecule has 1 aliphatic carbocycles. The van der Waals surface area contributed by atoms with Gasteiger partial charge in [0.15, 0.2) is 0 Å². The first-order chi connectivity index (χ1) is 8.97. The molecular weight excluding hydrogens is 265 g/mol. The molecule has 0 radical (unpaired) electrons. The zero-order valence-corrected chi connectivity index (χ0v) is 12.0. The fourth-order valence-corrected chi connectivity index (χ4v) is 3.51.